The molecular formula is C13H10BrNO2. The summed E-state index contributed by atoms with van der Waals surface area (Å²) in [5, 5.41) is 25.8. The van der Waals surface area contributed by atoms with Gasteiger partial charge in [0, 0.05) is 4.47 Å². The molecule has 0 heterocycles. The molecule has 0 saturated carbocycles. The lowest BCUT2D eigenvalue weighted by Crippen LogP contribution is -1.69. The van der Waals surface area contributed by atoms with Gasteiger partial charge in [-0.3, -0.25) is 0 Å². The first-order valence-electron chi connectivity index (χ1n) is 4.75. The lowest BCUT2D eigenvalue weighted by atomic mass is 10.2. The normalized spacial score (nSPS) is 8.71. The van der Waals surface area contributed by atoms with Crippen LogP contribution in [0.3, 0.4) is 0 Å². The summed E-state index contributed by atoms with van der Waals surface area (Å²) in [7, 11) is 0. The van der Waals surface area contributed by atoms with Crippen molar-refractivity contribution in [1.29, 1.82) is 5.26 Å². The van der Waals surface area contributed by atoms with Crippen LogP contribution in [0.25, 0.3) is 0 Å². The highest BCUT2D eigenvalue weighted by Crippen LogP contribution is 2.13. The molecule has 0 spiro atoms. The monoisotopic (exact) mass is 291 g/mol. The summed E-state index contributed by atoms with van der Waals surface area (Å²) in [5.74, 6) is 0.488. The maximum Gasteiger partial charge on any atom is 0.115 e. The minimum absolute atomic E-state index is 0.189. The van der Waals surface area contributed by atoms with Gasteiger partial charge < -0.3 is 10.2 Å². The van der Waals surface area contributed by atoms with E-state index < -0.39 is 0 Å². The van der Waals surface area contributed by atoms with Crippen LogP contribution in [0.5, 0.6) is 11.5 Å². The molecule has 0 unspecified atom stereocenters. The topological polar surface area (TPSA) is 64.2 Å². The van der Waals surface area contributed by atoms with Crippen LogP contribution in [0.15, 0.2) is 53.0 Å². The molecule has 0 bridgehead atoms. The van der Waals surface area contributed by atoms with E-state index in [2.05, 4.69) is 15.9 Å². The van der Waals surface area contributed by atoms with Crippen LogP contribution in [0, 0.1) is 11.3 Å². The maximum atomic E-state index is 8.74. The first-order valence-corrected chi connectivity index (χ1v) is 5.55. The van der Waals surface area contributed by atoms with Crippen LogP contribution in [0.4, 0.5) is 0 Å². The number of hydrogen-bond acceptors (Lipinski definition) is 3. The zero-order valence-electron chi connectivity index (χ0n) is 8.84. The molecule has 0 aromatic heterocycles. The minimum Gasteiger partial charge on any atom is -0.508 e. The summed E-state index contributed by atoms with van der Waals surface area (Å²) < 4.78 is 0.982. The van der Waals surface area contributed by atoms with Crippen LogP contribution in [-0.4, -0.2) is 10.2 Å². The van der Waals surface area contributed by atoms with E-state index in [0.29, 0.717) is 11.3 Å². The molecular weight excluding hydrogens is 282 g/mol. The van der Waals surface area contributed by atoms with Gasteiger partial charge in [-0.05, 0) is 48.5 Å². The summed E-state index contributed by atoms with van der Waals surface area (Å²) in [5.41, 5.74) is 0.563. The fourth-order valence-electron chi connectivity index (χ4n) is 0.977. The number of hydrogen-bond donors (Lipinski definition) is 2. The number of nitriles is 1. The standard InChI is InChI=1S/C7H5NO.C6H5BrO/c8-5-6-1-3-7(9)4-2-6;7-5-1-3-6(8)4-2-5/h1-4,9H;1-4,8H. The first-order chi connectivity index (χ1) is 8.11. The average molecular weight is 292 g/mol. The molecule has 86 valence electrons. The number of benzene rings is 2. The Morgan fingerprint density at radius 2 is 1.24 bits per heavy atom. The third-order valence-corrected chi connectivity index (χ3v) is 2.35. The van der Waals surface area contributed by atoms with Crippen molar-refractivity contribution in [3.63, 3.8) is 0 Å². The molecule has 2 aromatic rings. The SMILES string of the molecule is N#Cc1ccc(O)cc1.Oc1ccc(Br)cc1. The molecule has 0 aliphatic heterocycles. The number of rotatable bonds is 0. The van der Waals surface area contributed by atoms with Gasteiger partial charge in [-0.15, -0.1) is 0 Å². The average Bonchev–Trinajstić information content (AvgIpc) is 2.35. The van der Waals surface area contributed by atoms with Crippen molar-refractivity contribution in [2.24, 2.45) is 0 Å². The van der Waals surface area contributed by atoms with Crippen molar-refractivity contribution in [3.8, 4) is 17.6 Å². The maximum absolute atomic E-state index is 8.74. The van der Waals surface area contributed by atoms with Crippen LogP contribution in [-0.2, 0) is 0 Å². The second-order valence-corrected chi connectivity index (χ2v) is 4.05. The van der Waals surface area contributed by atoms with Crippen molar-refractivity contribution in [2.45, 2.75) is 0 Å². The van der Waals surface area contributed by atoms with E-state index in [1.165, 1.54) is 12.1 Å². The Morgan fingerprint density at radius 1 is 0.824 bits per heavy atom. The third kappa shape index (κ3) is 5.05. The molecule has 2 N–H and O–H groups in total. The van der Waals surface area contributed by atoms with Crippen LogP contribution < -0.4 is 0 Å². The Labute approximate surface area is 108 Å². The largest absolute Gasteiger partial charge is 0.508 e. The summed E-state index contributed by atoms with van der Waals surface area (Å²) in [6.07, 6.45) is 0. The number of nitrogens with zero attached hydrogens (tertiary/aromatic N) is 1. The molecule has 3 nitrogen and oxygen atoms in total. The van der Waals surface area contributed by atoms with Gasteiger partial charge in [-0.1, -0.05) is 15.9 Å². The summed E-state index contributed by atoms with van der Waals surface area (Å²) in [6, 6.07) is 14.9. The number of phenolic OH excluding ortho intramolecular Hbond substituents is 2. The summed E-state index contributed by atoms with van der Waals surface area (Å²) >= 11 is 3.23. The van der Waals surface area contributed by atoms with Gasteiger partial charge in [-0.2, -0.15) is 5.26 Å². The van der Waals surface area contributed by atoms with Gasteiger partial charge in [0.05, 0.1) is 11.6 Å². The molecule has 0 aliphatic rings. The zero-order chi connectivity index (χ0) is 12.7. The fourth-order valence-corrected chi connectivity index (χ4v) is 1.24. The second kappa shape index (κ2) is 6.56. The van der Waals surface area contributed by atoms with Gasteiger partial charge >= 0.3 is 0 Å². The quantitative estimate of drug-likeness (QED) is 0.782. The zero-order valence-corrected chi connectivity index (χ0v) is 10.4. The van der Waals surface area contributed by atoms with Gasteiger partial charge in [0.25, 0.3) is 0 Å². The molecule has 0 amide bonds. The molecule has 0 fully saturated rings. The number of phenols is 2. The lowest BCUT2D eigenvalue weighted by molar-refractivity contribution is 0.474. The molecule has 2 rings (SSSR count). The van der Waals surface area contributed by atoms with E-state index in [1.807, 2.05) is 6.07 Å². The molecule has 0 saturated heterocycles. The molecule has 0 atom stereocenters. The van der Waals surface area contributed by atoms with Crippen molar-refractivity contribution < 1.29 is 10.2 Å². The van der Waals surface area contributed by atoms with Gasteiger partial charge in [-0.25, -0.2) is 0 Å². The fraction of sp³-hybridized carbons (Fsp3) is 0. The van der Waals surface area contributed by atoms with Gasteiger partial charge in [0.1, 0.15) is 11.5 Å². The van der Waals surface area contributed by atoms with Crippen molar-refractivity contribution in [1.82, 2.24) is 0 Å². The van der Waals surface area contributed by atoms with E-state index >= 15 is 0 Å². The predicted octanol–water partition coefficient (Wildman–Crippen LogP) is 3.42. The van der Waals surface area contributed by atoms with Crippen molar-refractivity contribution >= 4 is 15.9 Å². The van der Waals surface area contributed by atoms with E-state index in [0.717, 1.165) is 4.47 Å². The molecule has 2 aromatic carbocycles. The van der Waals surface area contributed by atoms with Crippen LogP contribution >= 0.6 is 15.9 Å². The van der Waals surface area contributed by atoms with E-state index in [4.69, 9.17) is 15.5 Å². The van der Waals surface area contributed by atoms with E-state index in [9.17, 15) is 0 Å². The van der Waals surface area contributed by atoms with Crippen molar-refractivity contribution in [2.75, 3.05) is 0 Å². The third-order valence-electron chi connectivity index (χ3n) is 1.82. The molecule has 0 aliphatic carbocycles. The second-order valence-electron chi connectivity index (χ2n) is 3.14. The highest BCUT2D eigenvalue weighted by Gasteiger charge is 1.86. The minimum atomic E-state index is 0.189. The highest BCUT2D eigenvalue weighted by molar-refractivity contribution is 9.10. The van der Waals surface area contributed by atoms with E-state index in [-0.39, 0.29) is 5.75 Å². The van der Waals surface area contributed by atoms with Gasteiger partial charge in [0.2, 0.25) is 0 Å². The number of aromatic hydroxyl groups is 2. The van der Waals surface area contributed by atoms with Crippen molar-refractivity contribution in [3.05, 3.63) is 58.6 Å². The summed E-state index contributed by atoms with van der Waals surface area (Å²) in [6.45, 7) is 0. The molecule has 4 heteroatoms. The van der Waals surface area contributed by atoms with Crippen LogP contribution in [0.1, 0.15) is 5.56 Å². The van der Waals surface area contributed by atoms with Crippen LogP contribution in [0.2, 0.25) is 0 Å². The molecule has 17 heavy (non-hydrogen) atoms. The molecule has 0 radical (unpaired) electrons. The predicted molar refractivity (Wildman–Crippen MR) is 68.6 cm³/mol. The Balaban J connectivity index is 0.000000171. The van der Waals surface area contributed by atoms with E-state index in [1.54, 1.807) is 36.4 Å². The Kier molecular flexibility index (Phi) is 5.05. The Bertz CT molecular complexity index is 479. The lowest BCUT2D eigenvalue weighted by Gasteiger charge is -1.87. The number of halogens is 1. The first kappa shape index (κ1) is 13.1. The Morgan fingerprint density at radius 3 is 1.59 bits per heavy atom. The Hall–Kier alpha value is -1.99. The highest BCUT2D eigenvalue weighted by atomic mass is 79.9. The summed E-state index contributed by atoms with van der Waals surface area (Å²) in [4.78, 5) is 0. The van der Waals surface area contributed by atoms with Gasteiger partial charge in [0.15, 0.2) is 0 Å². The smallest absolute Gasteiger partial charge is 0.115 e.